The minimum absolute atomic E-state index is 0.0149. The molecule has 1 atom stereocenters. The number of ether oxygens (including phenoxy) is 2. The van der Waals surface area contributed by atoms with Gasteiger partial charge in [0.05, 0.1) is 12.2 Å². The number of carbonyl (C=O) groups excluding carboxylic acids is 1. The number of nitrogens with zero attached hydrogens (tertiary/aromatic N) is 2. The number of hydrogen-bond donors (Lipinski definition) is 2. The number of rotatable bonds is 4. The maximum Gasteiger partial charge on any atom is 0.244 e. The number of likely N-dealkylation sites (tertiary alicyclic amines) is 1. The molecule has 24 heavy (non-hydrogen) atoms. The summed E-state index contributed by atoms with van der Waals surface area (Å²) < 4.78 is 10.7. The molecule has 2 heterocycles. The first-order chi connectivity index (χ1) is 11.4. The van der Waals surface area contributed by atoms with Crippen molar-refractivity contribution in [2.45, 2.75) is 24.5 Å². The maximum absolute atomic E-state index is 13.0. The van der Waals surface area contributed by atoms with Gasteiger partial charge >= 0.3 is 0 Å². The van der Waals surface area contributed by atoms with Gasteiger partial charge in [-0.05, 0) is 44.6 Å². The van der Waals surface area contributed by atoms with Crippen molar-refractivity contribution in [3.8, 4) is 11.5 Å². The lowest BCUT2D eigenvalue weighted by Gasteiger charge is -2.39. The number of aliphatic hydroxyl groups excluding tert-OH is 1. The van der Waals surface area contributed by atoms with E-state index in [2.05, 4.69) is 0 Å². The van der Waals surface area contributed by atoms with Gasteiger partial charge in [0.25, 0.3) is 0 Å². The number of amides is 1. The molecule has 7 nitrogen and oxygen atoms in total. The lowest BCUT2D eigenvalue weighted by atomic mass is 9.91. The first-order valence-electron chi connectivity index (χ1n) is 8.11. The van der Waals surface area contributed by atoms with Crippen molar-refractivity contribution in [2.24, 2.45) is 0 Å². The van der Waals surface area contributed by atoms with E-state index < -0.39 is 11.6 Å². The molecular weight excluding hydrogens is 312 g/mol. The summed E-state index contributed by atoms with van der Waals surface area (Å²) in [7, 11) is 3.72. The van der Waals surface area contributed by atoms with Crippen LogP contribution in [0.5, 0.6) is 11.5 Å². The van der Waals surface area contributed by atoms with Gasteiger partial charge in [-0.2, -0.15) is 0 Å². The number of piperidine rings is 1. The maximum atomic E-state index is 13.0. The fourth-order valence-corrected chi connectivity index (χ4v) is 3.22. The van der Waals surface area contributed by atoms with E-state index in [9.17, 15) is 15.0 Å². The van der Waals surface area contributed by atoms with Gasteiger partial charge in [0, 0.05) is 13.1 Å². The molecule has 3 rings (SSSR count). The SMILES string of the molecule is CN(C)[C@H](C(=O)N1CCC(O)(CO)CC1)c1ccc2c(c1)OCO2. The number of likely N-dealkylation sites (N-methyl/N-ethyl adjacent to an activating group) is 1. The molecule has 0 unspecified atom stereocenters. The number of fused-ring (bicyclic) bond motifs is 1. The summed E-state index contributed by atoms with van der Waals surface area (Å²) in [5.41, 5.74) is -0.222. The van der Waals surface area contributed by atoms with E-state index >= 15 is 0 Å². The summed E-state index contributed by atoms with van der Waals surface area (Å²) in [5.74, 6) is 1.33. The van der Waals surface area contributed by atoms with Crippen molar-refractivity contribution in [3.63, 3.8) is 0 Å². The Bertz CT molecular complexity index is 611. The summed E-state index contributed by atoms with van der Waals surface area (Å²) in [5, 5.41) is 19.4. The molecule has 1 aromatic carbocycles. The standard InChI is InChI=1S/C17H24N2O5/c1-18(2)15(12-3-4-13-14(9-12)24-11-23-13)16(21)19-7-5-17(22,10-20)6-8-19/h3-4,9,15,20,22H,5-8,10-11H2,1-2H3/t15-/m0/s1. The zero-order valence-electron chi connectivity index (χ0n) is 14.1. The molecule has 1 fully saturated rings. The van der Waals surface area contributed by atoms with Crippen LogP contribution in [-0.2, 0) is 4.79 Å². The molecule has 2 aliphatic heterocycles. The van der Waals surface area contributed by atoms with E-state index in [0.29, 0.717) is 37.4 Å². The summed E-state index contributed by atoms with van der Waals surface area (Å²) >= 11 is 0. The Morgan fingerprint density at radius 3 is 2.58 bits per heavy atom. The second-order valence-electron chi connectivity index (χ2n) is 6.69. The van der Waals surface area contributed by atoms with E-state index in [1.807, 2.05) is 37.2 Å². The van der Waals surface area contributed by atoms with Crippen LogP contribution in [0.4, 0.5) is 0 Å². The Hall–Kier alpha value is -1.83. The Labute approximate surface area is 141 Å². The van der Waals surface area contributed by atoms with Crippen molar-refractivity contribution in [1.29, 1.82) is 0 Å². The largest absolute Gasteiger partial charge is 0.454 e. The molecule has 1 amide bonds. The molecule has 1 saturated heterocycles. The molecule has 0 radical (unpaired) electrons. The zero-order valence-corrected chi connectivity index (χ0v) is 14.1. The van der Waals surface area contributed by atoms with Crippen LogP contribution < -0.4 is 9.47 Å². The van der Waals surface area contributed by atoms with Gasteiger partial charge in [-0.1, -0.05) is 6.07 Å². The van der Waals surface area contributed by atoms with Crippen LogP contribution in [0.15, 0.2) is 18.2 Å². The van der Waals surface area contributed by atoms with Crippen LogP contribution in [-0.4, -0.2) is 72.1 Å². The molecule has 7 heteroatoms. The van der Waals surface area contributed by atoms with Gasteiger partial charge in [-0.25, -0.2) is 0 Å². The molecule has 132 valence electrons. The molecule has 0 saturated carbocycles. The predicted molar refractivity (Wildman–Crippen MR) is 86.8 cm³/mol. The van der Waals surface area contributed by atoms with Crippen LogP contribution in [0.25, 0.3) is 0 Å². The smallest absolute Gasteiger partial charge is 0.244 e. The third-order valence-electron chi connectivity index (χ3n) is 4.76. The fourth-order valence-electron chi connectivity index (χ4n) is 3.22. The molecule has 1 aromatic rings. The summed E-state index contributed by atoms with van der Waals surface area (Å²) in [4.78, 5) is 16.6. The highest BCUT2D eigenvalue weighted by Crippen LogP contribution is 2.36. The minimum atomic E-state index is -1.07. The van der Waals surface area contributed by atoms with Gasteiger partial charge in [0.15, 0.2) is 11.5 Å². The summed E-state index contributed by atoms with van der Waals surface area (Å²) in [6, 6.07) is 5.12. The first-order valence-corrected chi connectivity index (χ1v) is 8.11. The van der Waals surface area contributed by atoms with E-state index in [4.69, 9.17) is 9.47 Å². The van der Waals surface area contributed by atoms with E-state index in [1.165, 1.54) is 0 Å². The molecule has 0 aliphatic carbocycles. The van der Waals surface area contributed by atoms with Crippen LogP contribution in [0.2, 0.25) is 0 Å². The van der Waals surface area contributed by atoms with Gasteiger partial charge in [-0.15, -0.1) is 0 Å². The second kappa shape index (κ2) is 6.58. The third kappa shape index (κ3) is 3.19. The quantitative estimate of drug-likeness (QED) is 0.826. The normalized spacial score (nSPS) is 20.3. The average molecular weight is 336 g/mol. The van der Waals surface area contributed by atoms with Crippen LogP contribution in [0, 0.1) is 0 Å². The van der Waals surface area contributed by atoms with Crippen LogP contribution in [0.1, 0.15) is 24.4 Å². The van der Waals surface area contributed by atoms with Crippen LogP contribution in [0.3, 0.4) is 0 Å². The minimum Gasteiger partial charge on any atom is -0.454 e. The number of benzene rings is 1. The molecular formula is C17H24N2O5. The van der Waals surface area contributed by atoms with Crippen molar-refractivity contribution in [1.82, 2.24) is 9.80 Å². The highest BCUT2D eigenvalue weighted by molar-refractivity contribution is 5.83. The van der Waals surface area contributed by atoms with Crippen molar-refractivity contribution < 1.29 is 24.5 Å². The van der Waals surface area contributed by atoms with Crippen molar-refractivity contribution >= 4 is 5.91 Å². The van der Waals surface area contributed by atoms with Gasteiger partial charge in [0.2, 0.25) is 12.7 Å². The molecule has 0 bridgehead atoms. The number of aliphatic hydroxyl groups is 2. The Balaban J connectivity index is 1.77. The van der Waals surface area contributed by atoms with Gasteiger partial charge in [0.1, 0.15) is 6.04 Å². The second-order valence-corrected chi connectivity index (χ2v) is 6.69. The fraction of sp³-hybridized carbons (Fsp3) is 0.588. The third-order valence-corrected chi connectivity index (χ3v) is 4.76. The number of carbonyl (C=O) groups is 1. The lowest BCUT2D eigenvalue weighted by Crippen LogP contribution is -2.51. The molecule has 0 spiro atoms. The summed E-state index contributed by atoms with van der Waals surface area (Å²) in [6.45, 7) is 0.801. The Morgan fingerprint density at radius 1 is 1.29 bits per heavy atom. The monoisotopic (exact) mass is 336 g/mol. The van der Waals surface area contributed by atoms with Crippen LogP contribution >= 0.6 is 0 Å². The van der Waals surface area contributed by atoms with E-state index in [0.717, 1.165) is 5.56 Å². The van der Waals surface area contributed by atoms with E-state index in [-0.39, 0.29) is 19.3 Å². The van der Waals surface area contributed by atoms with Gasteiger partial charge < -0.3 is 24.6 Å². The topological polar surface area (TPSA) is 82.5 Å². The van der Waals surface area contributed by atoms with Crippen molar-refractivity contribution in [3.05, 3.63) is 23.8 Å². The first kappa shape index (κ1) is 17.0. The Morgan fingerprint density at radius 2 is 1.96 bits per heavy atom. The zero-order chi connectivity index (χ0) is 17.3. The highest BCUT2D eigenvalue weighted by atomic mass is 16.7. The van der Waals surface area contributed by atoms with Gasteiger partial charge in [-0.3, -0.25) is 9.69 Å². The molecule has 2 N–H and O–H groups in total. The highest BCUT2D eigenvalue weighted by Gasteiger charge is 2.36. The summed E-state index contributed by atoms with van der Waals surface area (Å²) in [6.07, 6.45) is 0.771. The van der Waals surface area contributed by atoms with E-state index in [1.54, 1.807) is 4.90 Å². The molecule has 2 aliphatic rings. The van der Waals surface area contributed by atoms with Crippen molar-refractivity contribution in [2.75, 3.05) is 40.6 Å². The average Bonchev–Trinajstić information content (AvgIpc) is 3.03. The predicted octanol–water partition coefficient (Wildman–Crippen LogP) is 0.364. The lowest BCUT2D eigenvalue weighted by molar-refractivity contribution is -0.142. The molecule has 0 aromatic heterocycles. The Kier molecular flexibility index (Phi) is 4.67. The number of hydrogen-bond acceptors (Lipinski definition) is 6.